The lowest BCUT2D eigenvalue weighted by Crippen LogP contribution is -2.32. The van der Waals surface area contributed by atoms with Crippen LogP contribution in [-0.2, 0) is 11.2 Å². The first-order valence-corrected chi connectivity index (χ1v) is 7.24. The number of carbonyl (C=O) groups is 1. The van der Waals surface area contributed by atoms with Gasteiger partial charge in [-0.05, 0) is 29.0 Å². The SMILES string of the molecule is COc1cc2cc(OC)c(OC)c(CC(N)C(=O)O)c2cc1OC. The molecule has 0 saturated heterocycles. The molecular formula is C17H21NO6. The molecule has 1 unspecified atom stereocenters. The molecule has 0 fully saturated rings. The molecule has 0 amide bonds. The Labute approximate surface area is 139 Å². The minimum Gasteiger partial charge on any atom is -0.493 e. The Bertz CT molecular complexity index is 753. The second kappa shape index (κ2) is 7.27. The van der Waals surface area contributed by atoms with Gasteiger partial charge in [-0.15, -0.1) is 0 Å². The first-order valence-electron chi connectivity index (χ1n) is 7.24. The normalized spacial score (nSPS) is 11.9. The molecule has 3 N–H and O–H groups in total. The fourth-order valence-corrected chi connectivity index (χ4v) is 2.64. The highest BCUT2D eigenvalue weighted by atomic mass is 16.5. The number of benzene rings is 2. The summed E-state index contributed by atoms with van der Waals surface area (Å²) in [7, 11) is 6.10. The number of ether oxygens (including phenoxy) is 4. The van der Waals surface area contributed by atoms with Gasteiger partial charge in [0.25, 0.3) is 0 Å². The molecule has 0 aliphatic rings. The summed E-state index contributed by atoms with van der Waals surface area (Å²) >= 11 is 0. The first-order chi connectivity index (χ1) is 11.5. The predicted molar refractivity (Wildman–Crippen MR) is 89.5 cm³/mol. The minimum atomic E-state index is -1.09. The number of hydrogen-bond donors (Lipinski definition) is 2. The van der Waals surface area contributed by atoms with Gasteiger partial charge in [-0.1, -0.05) is 0 Å². The molecule has 0 aliphatic heterocycles. The number of methoxy groups -OCH3 is 4. The lowest BCUT2D eigenvalue weighted by Gasteiger charge is -2.19. The van der Waals surface area contributed by atoms with Crippen LogP contribution >= 0.6 is 0 Å². The van der Waals surface area contributed by atoms with Crippen molar-refractivity contribution in [2.24, 2.45) is 5.73 Å². The number of nitrogens with two attached hydrogens (primary N) is 1. The van der Waals surface area contributed by atoms with Crippen LogP contribution in [0.2, 0.25) is 0 Å². The van der Waals surface area contributed by atoms with E-state index in [1.54, 1.807) is 25.3 Å². The van der Waals surface area contributed by atoms with Gasteiger partial charge < -0.3 is 29.8 Å². The van der Waals surface area contributed by atoms with E-state index in [4.69, 9.17) is 29.8 Å². The first kappa shape index (κ1) is 17.7. The summed E-state index contributed by atoms with van der Waals surface area (Å²) in [5, 5.41) is 10.7. The molecule has 7 heteroatoms. The monoisotopic (exact) mass is 335 g/mol. The van der Waals surface area contributed by atoms with Crippen LogP contribution in [0.4, 0.5) is 0 Å². The molecule has 0 aliphatic carbocycles. The lowest BCUT2D eigenvalue weighted by atomic mass is 9.96. The maximum absolute atomic E-state index is 11.2. The number of rotatable bonds is 7. The zero-order chi connectivity index (χ0) is 17.9. The van der Waals surface area contributed by atoms with Crippen molar-refractivity contribution in [3.8, 4) is 23.0 Å². The van der Waals surface area contributed by atoms with Gasteiger partial charge in [0, 0.05) is 12.0 Å². The Kier molecular flexibility index (Phi) is 5.35. The Morgan fingerprint density at radius 2 is 1.54 bits per heavy atom. The van der Waals surface area contributed by atoms with Crippen molar-refractivity contribution in [1.29, 1.82) is 0 Å². The maximum Gasteiger partial charge on any atom is 0.320 e. The summed E-state index contributed by atoms with van der Waals surface area (Å²) in [5.74, 6) is 0.945. The van der Waals surface area contributed by atoms with Crippen LogP contribution in [0.5, 0.6) is 23.0 Å². The Morgan fingerprint density at radius 1 is 1.00 bits per heavy atom. The van der Waals surface area contributed by atoms with Crippen LogP contribution in [-0.4, -0.2) is 45.6 Å². The van der Waals surface area contributed by atoms with E-state index < -0.39 is 12.0 Å². The molecule has 2 aromatic rings. The summed E-state index contributed by atoms with van der Waals surface area (Å²) in [6, 6.07) is 4.31. The van der Waals surface area contributed by atoms with Crippen LogP contribution in [0.15, 0.2) is 18.2 Å². The summed E-state index contributed by atoms with van der Waals surface area (Å²) in [6.07, 6.45) is 0.0850. The zero-order valence-corrected chi connectivity index (χ0v) is 14.1. The second-order valence-corrected chi connectivity index (χ2v) is 5.17. The van der Waals surface area contributed by atoms with Crippen molar-refractivity contribution >= 4 is 16.7 Å². The van der Waals surface area contributed by atoms with E-state index in [9.17, 15) is 4.79 Å². The topological polar surface area (TPSA) is 100 Å². The van der Waals surface area contributed by atoms with E-state index in [-0.39, 0.29) is 6.42 Å². The average molecular weight is 335 g/mol. The molecule has 24 heavy (non-hydrogen) atoms. The quantitative estimate of drug-likeness (QED) is 0.796. The van der Waals surface area contributed by atoms with E-state index in [0.717, 1.165) is 10.8 Å². The summed E-state index contributed by atoms with van der Waals surface area (Å²) in [5.41, 5.74) is 6.37. The largest absolute Gasteiger partial charge is 0.493 e. The smallest absolute Gasteiger partial charge is 0.320 e. The molecule has 2 rings (SSSR count). The molecule has 0 saturated carbocycles. The van der Waals surface area contributed by atoms with Crippen molar-refractivity contribution < 1.29 is 28.8 Å². The molecule has 130 valence electrons. The Morgan fingerprint density at radius 3 is 2.04 bits per heavy atom. The Balaban J connectivity index is 2.79. The van der Waals surface area contributed by atoms with Crippen LogP contribution < -0.4 is 24.7 Å². The van der Waals surface area contributed by atoms with Gasteiger partial charge in [-0.2, -0.15) is 0 Å². The van der Waals surface area contributed by atoms with Crippen LogP contribution in [0, 0.1) is 0 Å². The molecule has 0 bridgehead atoms. The molecule has 0 aromatic heterocycles. The van der Waals surface area contributed by atoms with Crippen molar-refractivity contribution in [2.75, 3.05) is 28.4 Å². The molecule has 7 nitrogen and oxygen atoms in total. The highest BCUT2D eigenvalue weighted by molar-refractivity contribution is 5.93. The Hall–Kier alpha value is -2.67. The molecule has 0 heterocycles. The van der Waals surface area contributed by atoms with Crippen molar-refractivity contribution in [2.45, 2.75) is 12.5 Å². The number of carboxylic acid groups (broad SMARTS) is 1. The molecule has 0 radical (unpaired) electrons. The van der Waals surface area contributed by atoms with Crippen molar-refractivity contribution in [3.05, 3.63) is 23.8 Å². The van der Waals surface area contributed by atoms with Gasteiger partial charge in [0.05, 0.1) is 28.4 Å². The summed E-state index contributed by atoms with van der Waals surface area (Å²) in [6.45, 7) is 0. The summed E-state index contributed by atoms with van der Waals surface area (Å²) in [4.78, 5) is 11.2. The average Bonchev–Trinajstić information content (AvgIpc) is 2.59. The van der Waals surface area contributed by atoms with Gasteiger partial charge in [-0.3, -0.25) is 4.79 Å². The highest BCUT2D eigenvalue weighted by Gasteiger charge is 2.22. The fourth-order valence-electron chi connectivity index (χ4n) is 2.64. The third-order valence-electron chi connectivity index (χ3n) is 3.83. The van der Waals surface area contributed by atoms with Crippen LogP contribution in [0.1, 0.15) is 5.56 Å². The standard InChI is InChI=1S/C17H21NO6/c1-21-13-5-9-6-15(23-3)16(24-4)11(7-12(18)17(19)20)10(9)8-14(13)22-2/h5-6,8,12H,7,18H2,1-4H3,(H,19,20). The highest BCUT2D eigenvalue weighted by Crippen LogP contribution is 2.42. The van der Waals surface area contributed by atoms with Crippen LogP contribution in [0.25, 0.3) is 10.8 Å². The van der Waals surface area contributed by atoms with E-state index in [1.165, 1.54) is 21.3 Å². The van der Waals surface area contributed by atoms with E-state index >= 15 is 0 Å². The minimum absolute atomic E-state index is 0.0850. The van der Waals surface area contributed by atoms with E-state index in [2.05, 4.69) is 0 Å². The molecule has 1 atom stereocenters. The van der Waals surface area contributed by atoms with Gasteiger partial charge in [0.2, 0.25) is 0 Å². The van der Waals surface area contributed by atoms with Gasteiger partial charge in [0.1, 0.15) is 6.04 Å². The predicted octanol–water partition coefficient (Wildman–Crippen LogP) is 1.83. The van der Waals surface area contributed by atoms with Gasteiger partial charge in [0.15, 0.2) is 23.0 Å². The molecular weight excluding hydrogens is 314 g/mol. The fraction of sp³-hybridized carbons (Fsp3) is 0.353. The number of carboxylic acids is 1. The summed E-state index contributed by atoms with van der Waals surface area (Å²) < 4.78 is 21.5. The lowest BCUT2D eigenvalue weighted by molar-refractivity contribution is -0.138. The third kappa shape index (κ3) is 3.16. The van der Waals surface area contributed by atoms with Gasteiger partial charge in [-0.25, -0.2) is 0 Å². The molecule has 0 spiro atoms. The van der Waals surface area contributed by atoms with Crippen molar-refractivity contribution in [1.82, 2.24) is 0 Å². The maximum atomic E-state index is 11.2. The number of hydrogen-bond acceptors (Lipinski definition) is 6. The number of aliphatic carboxylic acids is 1. The van der Waals surface area contributed by atoms with E-state index in [1.807, 2.05) is 0 Å². The second-order valence-electron chi connectivity index (χ2n) is 5.17. The van der Waals surface area contributed by atoms with Gasteiger partial charge >= 0.3 is 5.97 Å². The van der Waals surface area contributed by atoms with E-state index in [0.29, 0.717) is 28.6 Å². The van der Waals surface area contributed by atoms with Crippen LogP contribution in [0.3, 0.4) is 0 Å². The molecule has 2 aromatic carbocycles. The van der Waals surface area contributed by atoms with Crippen molar-refractivity contribution in [3.63, 3.8) is 0 Å². The number of fused-ring (bicyclic) bond motifs is 1. The zero-order valence-electron chi connectivity index (χ0n) is 14.1. The third-order valence-corrected chi connectivity index (χ3v) is 3.83.